The third-order valence-electron chi connectivity index (χ3n) is 5.99. The van der Waals surface area contributed by atoms with Crippen LogP contribution in [0.1, 0.15) is 0 Å². The van der Waals surface area contributed by atoms with Gasteiger partial charge in [0.1, 0.15) is 5.82 Å². The summed E-state index contributed by atoms with van der Waals surface area (Å²) in [4.78, 5) is 14.0. The number of anilines is 1. The fraction of sp³-hybridized carbons (Fsp3) is 0.0800. The van der Waals surface area contributed by atoms with Crippen LogP contribution in [0.15, 0.2) is 71.9 Å². The maximum atomic E-state index is 7.70. The molecule has 9 heteroatoms. The Balaban J connectivity index is 1.58. The zero-order chi connectivity index (χ0) is 24.0. The summed E-state index contributed by atoms with van der Waals surface area (Å²) in [7, 11) is 3.76. The summed E-state index contributed by atoms with van der Waals surface area (Å²) in [5.74, 6) is 0.870. The Morgan fingerprint density at radius 3 is 2.44 bits per heavy atom. The number of aliphatic imine (C=N–C) groups is 1. The van der Waals surface area contributed by atoms with Gasteiger partial charge in [-0.3, -0.25) is 5.41 Å². The van der Waals surface area contributed by atoms with Crippen LogP contribution in [0.4, 0.5) is 11.4 Å². The van der Waals surface area contributed by atoms with Gasteiger partial charge in [-0.15, -0.1) is 0 Å². The molecule has 0 saturated heterocycles. The van der Waals surface area contributed by atoms with Gasteiger partial charge in [0.2, 0.25) is 0 Å². The molecule has 2 heterocycles. The lowest BCUT2D eigenvalue weighted by molar-refractivity contribution is 0.960. The van der Waals surface area contributed by atoms with Crippen molar-refractivity contribution in [1.82, 2.24) is 14.5 Å². The van der Waals surface area contributed by atoms with E-state index >= 15 is 0 Å². The number of benzene rings is 3. The normalized spacial score (nSPS) is 11.1. The van der Waals surface area contributed by atoms with Crippen LogP contribution in [0.2, 0.25) is 0 Å². The first kappa shape index (κ1) is 21.1. The number of hydrogen-bond acceptors (Lipinski definition) is 3. The Labute approximate surface area is 196 Å². The van der Waals surface area contributed by atoms with Gasteiger partial charge in [0.05, 0.1) is 16.7 Å². The number of rotatable bonds is 4. The van der Waals surface area contributed by atoms with Gasteiger partial charge < -0.3 is 31.7 Å². The van der Waals surface area contributed by atoms with Crippen molar-refractivity contribution >= 4 is 45.2 Å². The highest BCUT2D eigenvalue weighted by Gasteiger charge is 2.16. The Hall–Kier alpha value is -4.79. The summed E-state index contributed by atoms with van der Waals surface area (Å²) in [5.41, 5.74) is 24.1. The van der Waals surface area contributed by atoms with E-state index in [0.717, 1.165) is 50.1 Å². The van der Waals surface area contributed by atoms with E-state index in [9.17, 15) is 0 Å². The van der Waals surface area contributed by atoms with Crippen molar-refractivity contribution in [3.63, 3.8) is 0 Å². The maximum Gasteiger partial charge on any atom is 0.192 e. The molecule has 3 aromatic carbocycles. The summed E-state index contributed by atoms with van der Waals surface area (Å²) in [6.07, 6.45) is 1.99. The fourth-order valence-electron chi connectivity index (χ4n) is 4.13. The molecule has 8 N–H and O–H groups in total. The van der Waals surface area contributed by atoms with E-state index in [4.69, 9.17) is 27.6 Å². The molecular weight excluding hydrogens is 426 g/mol. The lowest BCUT2D eigenvalue weighted by atomic mass is 10.0. The van der Waals surface area contributed by atoms with Crippen LogP contribution >= 0.6 is 0 Å². The van der Waals surface area contributed by atoms with Crippen LogP contribution in [-0.4, -0.2) is 33.5 Å². The van der Waals surface area contributed by atoms with Gasteiger partial charge >= 0.3 is 0 Å². The van der Waals surface area contributed by atoms with E-state index < -0.39 is 0 Å². The summed E-state index contributed by atoms with van der Waals surface area (Å²) in [5, 5.41) is 8.78. The summed E-state index contributed by atoms with van der Waals surface area (Å²) < 4.78 is 2.06. The highest BCUT2D eigenvalue weighted by atomic mass is 15.2. The van der Waals surface area contributed by atoms with Crippen LogP contribution in [-0.2, 0) is 7.05 Å². The van der Waals surface area contributed by atoms with Crippen molar-refractivity contribution in [1.29, 1.82) is 5.41 Å². The molecule has 5 rings (SSSR count). The molecule has 0 aliphatic carbocycles. The maximum absolute atomic E-state index is 7.70. The summed E-state index contributed by atoms with van der Waals surface area (Å²) in [6.45, 7) is 0. The zero-order valence-corrected chi connectivity index (χ0v) is 18.9. The molecule has 0 saturated carbocycles. The van der Waals surface area contributed by atoms with E-state index in [2.05, 4.69) is 32.7 Å². The minimum absolute atomic E-state index is 0.0165. The summed E-state index contributed by atoms with van der Waals surface area (Å²) >= 11 is 0. The van der Waals surface area contributed by atoms with Gasteiger partial charge in [-0.05, 0) is 53.6 Å². The van der Waals surface area contributed by atoms with E-state index in [-0.39, 0.29) is 11.9 Å². The molecule has 34 heavy (non-hydrogen) atoms. The molecule has 9 nitrogen and oxygen atoms in total. The van der Waals surface area contributed by atoms with Crippen LogP contribution in [0.25, 0.3) is 44.5 Å². The molecule has 2 aromatic heterocycles. The number of nitrogens with zero attached hydrogens (tertiary/aromatic N) is 4. The van der Waals surface area contributed by atoms with Gasteiger partial charge in [-0.25, -0.2) is 9.98 Å². The number of nitrogens with one attached hydrogen (secondary N) is 2. The Kier molecular flexibility index (Phi) is 4.94. The fourth-order valence-corrected chi connectivity index (χ4v) is 4.13. The second-order valence-electron chi connectivity index (χ2n) is 8.16. The van der Waals surface area contributed by atoms with E-state index in [1.807, 2.05) is 55.7 Å². The van der Waals surface area contributed by atoms with Crippen molar-refractivity contribution in [2.75, 3.05) is 11.9 Å². The average molecular weight is 452 g/mol. The van der Waals surface area contributed by atoms with Crippen LogP contribution in [0.3, 0.4) is 0 Å². The predicted octanol–water partition coefficient (Wildman–Crippen LogP) is 3.62. The lowest BCUT2D eigenvalue weighted by Gasteiger charge is -2.16. The molecule has 0 spiro atoms. The van der Waals surface area contributed by atoms with Gasteiger partial charge in [0.25, 0.3) is 0 Å². The van der Waals surface area contributed by atoms with Gasteiger partial charge in [0, 0.05) is 42.4 Å². The quantitative estimate of drug-likeness (QED) is 0.209. The minimum atomic E-state index is -0.0165. The second kappa shape index (κ2) is 7.96. The average Bonchev–Trinajstić information content (AvgIpc) is 3.38. The van der Waals surface area contributed by atoms with Crippen molar-refractivity contribution in [2.24, 2.45) is 29.2 Å². The molecule has 0 unspecified atom stereocenters. The third kappa shape index (κ3) is 3.58. The number of guanidine groups is 2. The number of hydrogen-bond donors (Lipinski definition) is 5. The first-order valence-corrected chi connectivity index (χ1v) is 10.7. The monoisotopic (exact) mass is 451 g/mol. The first-order valence-electron chi connectivity index (χ1n) is 10.7. The summed E-state index contributed by atoms with van der Waals surface area (Å²) in [6, 6.07) is 19.9. The topological polar surface area (TPSA) is 151 Å². The third-order valence-corrected chi connectivity index (χ3v) is 5.99. The number of aromatic nitrogens is 3. The molecule has 5 aromatic rings. The molecule has 0 bridgehead atoms. The SMILES string of the molecule is CN(C(=N)N)c1ccc2nc(-c3c[nH]c4ccc(-c5ccc(N=C(N)N)cc5)cc34)n(C)c2c1. The second-order valence-corrected chi connectivity index (χ2v) is 8.16. The largest absolute Gasteiger partial charge is 0.370 e. The highest BCUT2D eigenvalue weighted by Crippen LogP contribution is 2.34. The number of H-pyrrole nitrogens is 1. The number of aryl methyl sites for hydroxylation is 1. The standard InChI is InChI=1S/C25H25N9/c1-33(25(28)29)17-8-10-21-22(12-17)34(2)23(32-21)19-13-30-20-9-5-15(11-18(19)20)14-3-6-16(7-4-14)31-24(26)27/h3-13,30H,1-2H3,(H3,28,29)(H4,26,27,31). The molecule has 0 amide bonds. The number of fused-ring (bicyclic) bond motifs is 2. The van der Waals surface area contributed by atoms with Crippen molar-refractivity contribution < 1.29 is 0 Å². The Bertz CT molecular complexity index is 1570. The number of nitrogens with two attached hydrogens (primary N) is 3. The van der Waals surface area contributed by atoms with E-state index in [0.29, 0.717) is 5.69 Å². The Morgan fingerprint density at radius 2 is 1.74 bits per heavy atom. The zero-order valence-electron chi connectivity index (χ0n) is 18.9. The van der Waals surface area contributed by atoms with Crippen LogP contribution in [0.5, 0.6) is 0 Å². The molecule has 0 fully saturated rings. The molecule has 0 aliphatic heterocycles. The minimum Gasteiger partial charge on any atom is -0.370 e. The number of aromatic amines is 1. The molecule has 0 radical (unpaired) electrons. The smallest absolute Gasteiger partial charge is 0.192 e. The van der Waals surface area contributed by atoms with Gasteiger partial charge in [-0.2, -0.15) is 0 Å². The number of imidazole rings is 1. The highest BCUT2D eigenvalue weighted by molar-refractivity contribution is 5.99. The lowest BCUT2D eigenvalue weighted by Crippen LogP contribution is -2.32. The van der Waals surface area contributed by atoms with Gasteiger partial charge in [0.15, 0.2) is 11.9 Å². The van der Waals surface area contributed by atoms with E-state index in [1.165, 1.54) is 0 Å². The van der Waals surface area contributed by atoms with Gasteiger partial charge in [-0.1, -0.05) is 18.2 Å². The van der Waals surface area contributed by atoms with Crippen molar-refractivity contribution in [3.05, 3.63) is 66.9 Å². The van der Waals surface area contributed by atoms with Crippen molar-refractivity contribution in [2.45, 2.75) is 0 Å². The van der Waals surface area contributed by atoms with E-state index in [1.54, 1.807) is 11.9 Å². The first-order chi connectivity index (χ1) is 16.3. The molecule has 0 atom stereocenters. The molecular formula is C25H25N9. The van der Waals surface area contributed by atoms with Crippen LogP contribution < -0.4 is 22.1 Å². The molecule has 170 valence electrons. The Morgan fingerprint density at radius 1 is 1.00 bits per heavy atom. The van der Waals surface area contributed by atoms with Crippen molar-refractivity contribution in [3.8, 4) is 22.5 Å². The molecule has 0 aliphatic rings. The predicted molar refractivity (Wildman–Crippen MR) is 139 cm³/mol. The van der Waals surface area contributed by atoms with Crippen LogP contribution in [0, 0.1) is 5.41 Å².